The van der Waals surface area contributed by atoms with Gasteiger partial charge in [-0.05, 0) is 46.8 Å². The standard InChI is InChI=1S/C29H34N6O5S/c1-18(2)32-27(37)29(4,5)35-24(36)23-19(3)25(34-15-10-14-31-34)41-26(23)33(28(35)38)17-22(40-16-9-13-30)20-11-7-8-12-21(20)39-6/h7-8,10-12,14-15,18,22H,9,16-17H2,1-6H3,(H,32,37). The molecule has 0 aliphatic heterocycles. The highest BCUT2D eigenvalue weighted by atomic mass is 32.1. The lowest BCUT2D eigenvalue weighted by molar-refractivity contribution is -0.129. The lowest BCUT2D eigenvalue weighted by atomic mass is 10.0. The highest BCUT2D eigenvalue weighted by Gasteiger charge is 2.36. The zero-order valence-electron chi connectivity index (χ0n) is 24.0. The van der Waals surface area contributed by atoms with Gasteiger partial charge >= 0.3 is 5.69 Å². The summed E-state index contributed by atoms with van der Waals surface area (Å²) in [6.07, 6.45) is 2.85. The van der Waals surface area contributed by atoms with E-state index < -0.39 is 28.8 Å². The molecule has 0 aliphatic carbocycles. The van der Waals surface area contributed by atoms with Crippen molar-refractivity contribution in [3.63, 3.8) is 0 Å². The molecule has 1 N–H and O–H groups in total. The Morgan fingerprint density at radius 3 is 2.59 bits per heavy atom. The molecular formula is C29H34N6O5S. The number of fused-ring (bicyclic) bond motifs is 1. The largest absolute Gasteiger partial charge is 0.496 e. The van der Waals surface area contributed by atoms with E-state index in [0.29, 0.717) is 32.1 Å². The van der Waals surface area contributed by atoms with Crippen LogP contribution in [-0.2, 0) is 21.6 Å². The number of nitrogens with zero attached hydrogens (tertiary/aromatic N) is 5. The highest BCUT2D eigenvalue weighted by Crippen LogP contribution is 2.34. The fourth-order valence-corrected chi connectivity index (χ4v) is 5.97. The van der Waals surface area contributed by atoms with Crippen LogP contribution in [0.15, 0.2) is 52.3 Å². The van der Waals surface area contributed by atoms with Crippen molar-refractivity contribution in [1.29, 1.82) is 5.26 Å². The second-order valence-electron chi connectivity index (χ2n) is 10.4. The summed E-state index contributed by atoms with van der Waals surface area (Å²) in [7, 11) is 1.55. The van der Waals surface area contributed by atoms with E-state index in [-0.39, 0.29) is 25.6 Å². The van der Waals surface area contributed by atoms with Gasteiger partial charge < -0.3 is 14.8 Å². The van der Waals surface area contributed by atoms with Crippen molar-refractivity contribution in [1.82, 2.24) is 24.2 Å². The Balaban J connectivity index is 2.01. The fourth-order valence-electron chi connectivity index (χ4n) is 4.72. The molecule has 0 spiro atoms. The van der Waals surface area contributed by atoms with E-state index in [1.165, 1.54) is 15.9 Å². The Morgan fingerprint density at radius 1 is 1.22 bits per heavy atom. The van der Waals surface area contributed by atoms with Gasteiger partial charge in [0.15, 0.2) is 0 Å². The number of ether oxygens (including phenoxy) is 2. The lowest BCUT2D eigenvalue weighted by Crippen LogP contribution is -2.56. The van der Waals surface area contributed by atoms with Crippen molar-refractivity contribution in [2.75, 3.05) is 13.7 Å². The van der Waals surface area contributed by atoms with Gasteiger partial charge in [0.05, 0.1) is 38.1 Å². The Bertz CT molecular complexity index is 1710. The van der Waals surface area contributed by atoms with E-state index in [1.54, 1.807) is 57.1 Å². The smallest absolute Gasteiger partial charge is 0.333 e. The van der Waals surface area contributed by atoms with Gasteiger partial charge in [-0.1, -0.05) is 29.5 Å². The van der Waals surface area contributed by atoms with Crippen LogP contribution >= 0.6 is 11.3 Å². The number of aryl methyl sites for hydroxylation is 1. The number of carbonyl (C=O) groups excluding carboxylic acids is 1. The maximum absolute atomic E-state index is 14.3. The van der Waals surface area contributed by atoms with Gasteiger partial charge in [-0.25, -0.2) is 14.0 Å². The zero-order chi connectivity index (χ0) is 29.9. The SMILES string of the molecule is COc1ccccc1C(Cn1c(=O)n(C(C)(C)C(=O)NC(C)C)c(=O)c2c(C)c(-n3cccn3)sc21)OCCC#N. The number of carbonyl (C=O) groups is 1. The lowest BCUT2D eigenvalue weighted by Gasteiger charge is -2.28. The Hall–Kier alpha value is -4.21. The monoisotopic (exact) mass is 578 g/mol. The topological polar surface area (TPSA) is 133 Å². The second-order valence-corrected chi connectivity index (χ2v) is 11.4. The number of benzene rings is 1. The van der Waals surface area contributed by atoms with Crippen LogP contribution in [0.3, 0.4) is 0 Å². The number of rotatable bonds is 11. The third kappa shape index (κ3) is 5.68. The molecule has 0 bridgehead atoms. The van der Waals surface area contributed by atoms with Crippen molar-refractivity contribution in [2.24, 2.45) is 0 Å². The maximum Gasteiger partial charge on any atom is 0.333 e. The number of hydrogen-bond acceptors (Lipinski definition) is 8. The molecule has 1 amide bonds. The summed E-state index contributed by atoms with van der Waals surface area (Å²) in [5.74, 6) is 0.104. The van der Waals surface area contributed by atoms with Crippen molar-refractivity contribution < 1.29 is 14.3 Å². The number of nitrogens with one attached hydrogen (secondary N) is 1. The molecule has 3 aromatic heterocycles. The highest BCUT2D eigenvalue weighted by molar-refractivity contribution is 7.21. The summed E-state index contributed by atoms with van der Waals surface area (Å²) < 4.78 is 15.9. The molecule has 0 saturated heterocycles. The Morgan fingerprint density at radius 2 is 1.95 bits per heavy atom. The van der Waals surface area contributed by atoms with E-state index in [4.69, 9.17) is 14.7 Å². The molecule has 1 atom stereocenters. The molecule has 1 unspecified atom stereocenters. The number of para-hydroxylation sites is 1. The normalized spacial score (nSPS) is 12.4. The fraction of sp³-hybridized carbons (Fsp3) is 0.414. The van der Waals surface area contributed by atoms with Crippen molar-refractivity contribution >= 4 is 27.5 Å². The van der Waals surface area contributed by atoms with Gasteiger partial charge in [0, 0.05) is 29.6 Å². The number of methoxy groups -OCH3 is 1. The van der Waals surface area contributed by atoms with E-state index in [9.17, 15) is 14.4 Å². The van der Waals surface area contributed by atoms with Crippen LogP contribution in [0.1, 0.15) is 51.3 Å². The van der Waals surface area contributed by atoms with Crippen LogP contribution in [0, 0.1) is 18.3 Å². The molecule has 0 aliphatic rings. The molecule has 4 aromatic rings. The molecule has 3 heterocycles. The minimum atomic E-state index is -1.50. The Labute approximate surface area is 241 Å². The molecule has 0 fully saturated rings. The summed E-state index contributed by atoms with van der Waals surface area (Å²) in [4.78, 5) is 42.1. The van der Waals surface area contributed by atoms with Crippen LogP contribution in [0.4, 0.5) is 0 Å². The van der Waals surface area contributed by atoms with Crippen LogP contribution in [0.5, 0.6) is 5.75 Å². The number of amides is 1. The van der Waals surface area contributed by atoms with Crippen LogP contribution in [-0.4, -0.2) is 44.6 Å². The average Bonchev–Trinajstić information content (AvgIpc) is 3.58. The Kier molecular flexibility index (Phi) is 8.80. The summed E-state index contributed by atoms with van der Waals surface area (Å²) >= 11 is 1.26. The molecular weight excluding hydrogens is 544 g/mol. The number of nitriles is 1. The van der Waals surface area contributed by atoms with E-state index >= 15 is 0 Å². The maximum atomic E-state index is 14.3. The zero-order valence-corrected chi connectivity index (χ0v) is 24.8. The summed E-state index contributed by atoms with van der Waals surface area (Å²) in [5.41, 5.74) is -1.39. The van der Waals surface area contributed by atoms with Crippen LogP contribution < -0.4 is 21.3 Å². The molecule has 216 valence electrons. The average molecular weight is 579 g/mol. The first kappa shape index (κ1) is 29.8. The number of hydrogen-bond donors (Lipinski definition) is 1. The summed E-state index contributed by atoms with van der Waals surface area (Å²) in [5, 5.41) is 17.3. The van der Waals surface area contributed by atoms with E-state index in [0.717, 1.165) is 4.57 Å². The van der Waals surface area contributed by atoms with Crippen LogP contribution in [0.2, 0.25) is 0 Å². The first-order valence-electron chi connectivity index (χ1n) is 13.2. The number of aromatic nitrogens is 4. The summed E-state index contributed by atoms with van der Waals surface area (Å²) in [6.45, 7) is 8.67. The van der Waals surface area contributed by atoms with E-state index in [2.05, 4.69) is 16.5 Å². The third-order valence-electron chi connectivity index (χ3n) is 6.80. The van der Waals surface area contributed by atoms with Gasteiger partial charge in [-0.3, -0.25) is 14.2 Å². The predicted octanol–water partition coefficient (Wildman–Crippen LogP) is 3.66. The molecule has 12 heteroatoms. The quantitative estimate of drug-likeness (QED) is 0.269. The second kappa shape index (κ2) is 12.1. The van der Waals surface area contributed by atoms with Gasteiger partial charge in [0.1, 0.15) is 27.2 Å². The van der Waals surface area contributed by atoms with Crippen molar-refractivity contribution in [2.45, 2.75) is 65.3 Å². The predicted molar refractivity (Wildman–Crippen MR) is 157 cm³/mol. The molecule has 4 rings (SSSR count). The van der Waals surface area contributed by atoms with E-state index in [1.807, 2.05) is 32.0 Å². The van der Waals surface area contributed by atoms with Crippen molar-refractivity contribution in [3.8, 4) is 16.8 Å². The summed E-state index contributed by atoms with van der Waals surface area (Å²) in [6, 6.07) is 10.9. The number of thiophene rings is 1. The van der Waals surface area contributed by atoms with Gasteiger partial charge in [0.25, 0.3) is 5.56 Å². The van der Waals surface area contributed by atoms with Crippen molar-refractivity contribution in [3.05, 3.63) is 74.7 Å². The third-order valence-corrected chi connectivity index (χ3v) is 8.11. The van der Waals surface area contributed by atoms with Gasteiger partial charge in [-0.15, -0.1) is 0 Å². The molecule has 0 saturated carbocycles. The first-order chi connectivity index (χ1) is 19.5. The first-order valence-corrected chi connectivity index (χ1v) is 14.1. The molecule has 1 aromatic carbocycles. The van der Waals surface area contributed by atoms with Crippen LogP contribution in [0.25, 0.3) is 15.2 Å². The molecule has 0 radical (unpaired) electrons. The molecule has 11 nitrogen and oxygen atoms in total. The van der Waals surface area contributed by atoms with Gasteiger partial charge in [-0.2, -0.15) is 10.4 Å². The van der Waals surface area contributed by atoms with Gasteiger partial charge in [0.2, 0.25) is 5.91 Å². The minimum absolute atomic E-state index is 0.00178. The minimum Gasteiger partial charge on any atom is -0.496 e. The molecule has 41 heavy (non-hydrogen) atoms.